The van der Waals surface area contributed by atoms with Crippen molar-refractivity contribution < 1.29 is 0 Å². The summed E-state index contributed by atoms with van der Waals surface area (Å²) in [6.07, 6.45) is 0. The van der Waals surface area contributed by atoms with Crippen LogP contribution in [0.25, 0.3) is 0 Å². The van der Waals surface area contributed by atoms with E-state index in [0.29, 0.717) is 0 Å². The van der Waals surface area contributed by atoms with Gasteiger partial charge in [0.25, 0.3) is 0 Å². The Morgan fingerprint density at radius 3 is 2.19 bits per heavy atom. The molecule has 2 aromatic rings. The van der Waals surface area contributed by atoms with Gasteiger partial charge in [-0.25, -0.2) is 0 Å². The minimum Gasteiger partial charge on any atom is -0.341 e. The second-order valence-electron chi connectivity index (χ2n) is 7.01. The van der Waals surface area contributed by atoms with Gasteiger partial charge in [0.15, 0.2) is 0 Å². The summed E-state index contributed by atoms with van der Waals surface area (Å²) in [4.78, 5) is 4.62. The molecule has 1 heterocycles. The van der Waals surface area contributed by atoms with E-state index in [1.54, 1.807) is 0 Å². The molecule has 0 N–H and O–H groups in total. The van der Waals surface area contributed by atoms with Gasteiger partial charge in [0.1, 0.15) is 0 Å². The van der Waals surface area contributed by atoms with Gasteiger partial charge in [0.05, 0.1) is 22.7 Å². The molecule has 110 valence electrons. The predicted octanol–water partition coefficient (Wildman–Crippen LogP) is 5.14. The Morgan fingerprint density at radius 1 is 0.810 bits per heavy atom. The van der Waals surface area contributed by atoms with Gasteiger partial charge in [-0.1, -0.05) is 39.0 Å². The maximum absolute atomic E-state index is 2.33. The molecule has 0 saturated heterocycles. The first-order valence-corrected chi connectivity index (χ1v) is 7.52. The number of benzene rings is 2. The van der Waals surface area contributed by atoms with E-state index in [0.717, 1.165) is 0 Å². The molecule has 0 aromatic heterocycles. The van der Waals surface area contributed by atoms with Crippen molar-refractivity contribution in [2.24, 2.45) is 0 Å². The molecule has 0 unspecified atom stereocenters. The number of hydrogen-bond acceptors (Lipinski definition) is 2. The summed E-state index contributed by atoms with van der Waals surface area (Å²) in [6.45, 7) is 8.97. The zero-order valence-corrected chi connectivity index (χ0v) is 13.9. The van der Waals surface area contributed by atoms with Crippen molar-refractivity contribution in [3.63, 3.8) is 0 Å². The highest BCUT2D eigenvalue weighted by Gasteiger charge is 2.26. The number of anilines is 4. The van der Waals surface area contributed by atoms with E-state index >= 15 is 0 Å². The average Bonchev–Trinajstić information content (AvgIpc) is 2.43. The Bertz CT molecular complexity index is 695. The first-order chi connectivity index (χ1) is 9.80. The van der Waals surface area contributed by atoms with Gasteiger partial charge in [0.2, 0.25) is 0 Å². The lowest BCUT2D eigenvalue weighted by Crippen LogP contribution is -2.25. The van der Waals surface area contributed by atoms with E-state index in [-0.39, 0.29) is 5.41 Å². The van der Waals surface area contributed by atoms with Gasteiger partial charge in [0, 0.05) is 14.1 Å². The molecule has 0 aliphatic carbocycles. The molecule has 0 amide bonds. The van der Waals surface area contributed by atoms with Crippen LogP contribution < -0.4 is 9.80 Å². The largest absolute Gasteiger partial charge is 0.341 e. The van der Waals surface area contributed by atoms with Crippen molar-refractivity contribution in [2.75, 3.05) is 23.9 Å². The molecule has 0 bridgehead atoms. The van der Waals surface area contributed by atoms with E-state index in [1.165, 1.54) is 33.9 Å². The van der Waals surface area contributed by atoms with Crippen molar-refractivity contribution in [3.8, 4) is 0 Å². The lowest BCUT2D eigenvalue weighted by Gasteiger charge is -2.38. The standard InChI is InChI=1S/C19H24N2/c1-13-8-7-9-16-18(13)21(6)15-11-10-14(19(2,3)4)12-17(15)20(16)5/h7-12H,1-6H3. The third-order valence-electron chi connectivity index (χ3n) is 4.48. The normalized spacial score (nSPS) is 14.0. The minimum absolute atomic E-state index is 0.168. The van der Waals surface area contributed by atoms with Crippen LogP contribution in [0.2, 0.25) is 0 Å². The number of hydrogen-bond donors (Lipinski definition) is 0. The van der Waals surface area contributed by atoms with Crippen LogP contribution in [0, 0.1) is 6.92 Å². The molecular weight excluding hydrogens is 256 g/mol. The topological polar surface area (TPSA) is 6.48 Å². The van der Waals surface area contributed by atoms with E-state index in [2.05, 4.69) is 88.0 Å². The molecule has 2 heteroatoms. The molecule has 0 radical (unpaired) electrons. The first-order valence-electron chi connectivity index (χ1n) is 7.52. The van der Waals surface area contributed by atoms with Crippen LogP contribution in [-0.4, -0.2) is 14.1 Å². The minimum atomic E-state index is 0.168. The summed E-state index contributed by atoms with van der Waals surface area (Å²) in [5.41, 5.74) is 7.98. The maximum Gasteiger partial charge on any atom is 0.0679 e. The van der Waals surface area contributed by atoms with Gasteiger partial charge in [-0.3, -0.25) is 0 Å². The highest BCUT2D eigenvalue weighted by molar-refractivity contribution is 5.94. The Morgan fingerprint density at radius 2 is 1.52 bits per heavy atom. The van der Waals surface area contributed by atoms with Crippen LogP contribution in [0.1, 0.15) is 31.9 Å². The molecule has 1 aliphatic rings. The van der Waals surface area contributed by atoms with E-state index in [4.69, 9.17) is 0 Å². The van der Waals surface area contributed by atoms with Crippen molar-refractivity contribution in [1.82, 2.24) is 0 Å². The van der Waals surface area contributed by atoms with E-state index < -0.39 is 0 Å². The first kappa shape index (κ1) is 14.0. The molecule has 0 spiro atoms. The molecule has 2 nitrogen and oxygen atoms in total. The molecule has 2 aromatic carbocycles. The maximum atomic E-state index is 2.33. The molecule has 3 rings (SSSR count). The molecule has 0 fully saturated rings. The van der Waals surface area contributed by atoms with Crippen molar-refractivity contribution in [2.45, 2.75) is 33.1 Å². The van der Waals surface area contributed by atoms with E-state index in [1.807, 2.05) is 0 Å². The van der Waals surface area contributed by atoms with Crippen molar-refractivity contribution in [3.05, 3.63) is 47.5 Å². The second-order valence-corrected chi connectivity index (χ2v) is 7.01. The monoisotopic (exact) mass is 280 g/mol. The predicted molar refractivity (Wildman–Crippen MR) is 92.4 cm³/mol. The fourth-order valence-electron chi connectivity index (χ4n) is 3.14. The molecular formula is C19H24N2. The fourth-order valence-corrected chi connectivity index (χ4v) is 3.14. The Balaban J connectivity index is 2.21. The van der Waals surface area contributed by atoms with Crippen LogP contribution in [0.4, 0.5) is 22.7 Å². The van der Waals surface area contributed by atoms with Gasteiger partial charge >= 0.3 is 0 Å². The summed E-state index contributed by atoms with van der Waals surface area (Å²) >= 11 is 0. The van der Waals surface area contributed by atoms with Crippen LogP contribution >= 0.6 is 0 Å². The van der Waals surface area contributed by atoms with E-state index in [9.17, 15) is 0 Å². The smallest absolute Gasteiger partial charge is 0.0679 e. The second kappa shape index (κ2) is 4.52. The SMILES string of the molecule is Cc1cccc2c1N(C)c1ccc(C(C)(C)C)cc1N2C. The number of nitrogens with zero attached hydrogens (tertiary/aromatic N) is 2. The van der Waals surface area contributed by atoms with Crippen LogP contribution in [0.5, 0.6) is 0 Å². The third kappa shape index (κ3) is 2.10. The number of aryl methyl sites for hydroxylation is 1. The number of fused-ring (bicyclic) bond motifs is 2. The number of para-hydroxylation sites is 1. The number of rotatable bonds is 0. The molecule has 0 saturated carbocycles. The Hall–Kier alpha value is -1.96. The summed E-state index contributed by atoms with van der Waals surface area (Å²) in [7, 11) is 4.32. The van der Waals surface area contributed by atoms with Crippen LogP contribution in [-0.2, 0) is 5.41 Å². The summed E-state index contributed by atoms with van der Waals surface area (Å²) in [5.74, 6) is 0. The summed E-state index contributed by atoms with van der Waals surface area (Å²) in [5, 5.41) is 0. The molecule has 1 aliphatic heterocycles. The fraction of sp³-hybridized carbons (Fsp3) is 0.368. The average molecular weight is 280 g/mol. The lowest BCUT2D eigenvalue weighted by atomic mass is 9.86. The molecule has 0 atom stereocenters. The Kier molecular flexibility index (Phi) is 3.01. The van der Waals surface area contributed by atoms with Crippen molar-refractivity contribution in [1.29, 1.82) is 0 Å². The van der Waals surface area contributed by atoms with Crippen LogP contribution in [0.15, 0.2) is 36.4 Å². The summed E-state index contributed by atoms with van der Waals surface area (Å²) in [6, 6.07) is 13.4. The summed E-state index contributed by atoms with van der Waals surface area (Å²) < 4.78 is 0. The highest BCUT2D eigenvalue weighted by atomic mass is 15.2. The van der Waals surface area contributed by atoms with Gasteiger partial charge in [-0.15, -0.1) is 0 Å². The highest BCUT2D eigenvalue weighted by Crippen LogP contribution is 2.48. The molecule has 21 heavy (non-hydrogen) atoms. The zero-order valence-electron chi connectivity index (χ0n) is 13.9. The van der Waals surface area contributed by atoms with Gasteiger partial charge in [-0.2, -0.15) is 0 Å². The van der Waals surface area contributed by atoms with Gasteiger partial charge < -0.3 is 9.80 Å². The van der Waals surface area contributed by atoms with Crippen LogP contribution in [0.3, 0.4) is 0 Å². The Labute approximate surface area is 128 Å². The quantitative estimate of drug-likeness (QED) is 0.659. The lowest BCUT2D eigenvalue weighted by molar-refractivity contribution is 0.590. The van der Waals surface area contributed by atoms with Gasteiger partial charge in [-0.05, 0) is 41.7 Å². The van der Waals surface area contributed by atoms with Crippen molar-refractivity contribution >= 4 is 22.7 Å². The third-order valence-corrected chi connectivity index (χ3v) is 4.48. The zero-order chi connectivity index (χ0) is 15.4.